The Kier molecular flexibility index (Phi) is 6.15. The molecule has 5 aromatic rings. The highest BCUT2D eigenvalue weighted by Gasteiger charge is 2.29. The third-order valence-electron chi connectivity index (χ3n) is 5.46. The SMILES string of the molecule is O=C(CN(c1ccc(Cl)cc1Cl)S(=O)(=O)c1ccccc1)Nc1ccc2c(c1)oc1ccccc12. The van der Waals surface area contributed by atoms with Gasteiger partial charge in [0.25, 0.3) is 10.0 Å². The monoisotopic (exact) mass is 524 g/mol. The number of nitrogens with zero attached hydrogens (tertiary/aromatic N) is 1. The molecular weight excluding hydrogens is 507 g/mol. The normalized spacial score (nSPS) is 11.6. The fourth-order valence-corrected chi connectivity index (χ4v) is 5.86. The maximum atomic E-state index is 13.5. The number of furan rings is 1. The lowest BCUT2D eigenvalue weighted by Crippen LogP contribution is -2.38. The number of anilines is 2. The van der Waals surface area contributed by atoms with E-state index in [0.717, 1.165) is 20.7 Å². The van der Waals surface area contributed by atoms with Gasteiger partial charge in [0.2, 0.25) is 5.91 Å². The van der Waals surface area contributed by atoms with Crippen molar-refractivity contribution in [3.63, 3.8) is 0 Å². The molecule has 0 aliphatic heterocycles. The second-order valence-corrected chi connectivity index (χ2v) is 10.5. The summed E-state index contributed by atoms with van der Waals surface area (Å²) in [5, 5.41) is 5.10. The first-order chi connectivity index (χ1) is 16.8. The number of fused-ring (bicyclic) bond motifs is 3. The van der Waals surface area contributed by atoms with E-state index < -0.39 is 22.5 Å². The van der Waals surface area contributed by atoms with Gasteiger partial charge in [-0.05, 0) is 48.5 Å². The Balaban J connectivity index is 1.47. The second-order valence-electron chi connectivity index (χ2n) is 7.78. The summed E-state index contributed by atoms with van der Waals surface area (Å²) in [6.45, 7) is -0.503. The molecule has 9 heteroatoms. The van der Waals surface area contributed by atoms with Crippen molar-refractivity contribution in [2.75, 3.05) is 16.2 Å². The summed E-state index contributed by atoms with van der Waals surface area (Å²) in [7, 11) is -4.10. The molecule has 4 aromatic carbocycles. The molecule has 0 saturated heterocycles. The topological polar surface area (TPSA) is 79.6 Å². The van der Waals surface area contributed by atoms with Crippen molar-refractivity contribution >= 4 is 72.4 Å². The maximum Gasteiger partial charge on any atom is 0.264 e. The summed E-state index contributed by atoms with van der Waals surface area (Å²) in [5.74, 6) is -0.550. The van der Waals surface area contributed by atoms with Crippen molar-refractivity contribution in [3.8, 4) is 0 Å². The predicted octanol–water partition coefficient (Wildman–Crippen LogP) is 6.73. The minimum Gasteiger partial charge on any atom is -0.456 e. The molecule has 0 aliphatic rings. The van der Waals surface area contributed by atoms with E-state index in [1.165, 1.54) is 30.3 Å². The van der Waals surface area contributed by atoms with Crippen LogP contribution in [-0.2, 0) is 14.8 Å². The first kappa shape index (κ1) is 23.2. The van der Waals surface area contributed by atoms with Crippen LogP contribution in [0.15, 0.2) is 100 Å². The van der Waals surface area contributed by atoms with E-state index in [1.54, 1.807) is 30.3 Å². The van der Waals surface area contributed by atoms with Gasteiger partial charge in [-0.3, -0.25) is 9.10 Å². The number of nitrogens with one attached hydrogen (secondary N) is 1. The van der Waals surface area contributed by atoms with Crippen LogP contribution in [0.2, 0.25) is 10.0 Å². The highest BCUT2D eigenvalue weighted by molar-refractivity contribution is 7.92. The predicted molar refractivity (Wildman–Crippen MR) is 140 cm³/mol. The molecule has 0 fully saturated rings. The van der Waals surface area contributed by atoms with Crippen LogP contribution in [-0.4, -0.2) is 20.9 Å². The van der Waals surface area contributed by atoms with Crippen molar-refractivity contribution in [1.29, 1.82) is 0 Å². The second kappa shape index (κ2) is 9.26. The number of para-hydroxylation sites is 1. The quantitative estimate of drug-likeness (QED) is 0.267. The van der Waals surface area contributed by atoms with E-state index in [9.17, 15) is 13.2 Å². The highest BCUT2D eigenvalue weighted by Crippen LogP contribution is 2.33. The van der Waals surface area contributed by atoms with Gasteiger partial charge in [0, 0.05) is 27.5 Å². The minimum absolute atomic E-state index is 0.0301. The lowest BCUT2D eigenvalue weighted by molar-refractivity contribution is -0.114. The van der Waals surface area contributed by atoms with E-state index in [1.807, 2.05) is 30.3 Å². The van der Waals surface area contributed by atoms with Crippen LogP contribution in [0.5, 0.6) is 0 Å². The summed E-state index contributed by atoms with van der Waals surface area (Å²) in [6.07, 6.45) is 0. The number of amides is 1. The largest absolute Gasteiger partial charge is 0.456 e. The van der Waals surface area contributed by atoms with Gasteiger partial charge in [-0.25, -0.2) is 8.42 Å². The van der Waals surface area contributed by atoms with E-state index in [4.69, 9.17) is 27.6 Å². The Morgan fingerprint density at radius 3 is 2.31 bits per heavy atom. The first-order valence-corrected chi connectivity index (χ1v) is 12.8. The van der Waals surface area contributed by atoms with Gasteiger partial charge in [-0.1, -0.05) is 59.6 Å². The van der Waals surface area contributed by atoms with Crippen molar-refractivity contribution < 1.29 is 17.6 Å². The van der Waals surface area contributed by atoms with Crippen LogP contribution in [0.1, 0.15) is 0 Å². The summed E-state index contributed by atoms with van der Waals surface area (Å²) in [6, 6.07) is 25.2. The van der Waals surface area contributed by atoms with Gasteiger partial charge in [-0.15, -0.1) is 0 Å². The van der Waals surface area contributed by atoms with Crippen LogP contribution < -0.4 is 9.62 Å². The summed E-state index contributed by atoms with van der Waals surface area (Å²) in [4.78, 5) is 13.1. The molecule has 6 nitrogen and oxygen atoms in total. The average molecular weight is 525 g/mol. The molecule has 1 N–H and O–H groups in total. The third kappa shape index (κ3) is 4.58. The summed E-state index contributed by atoms with van der Waals surface area (Å²) >= 11 is 12.3. The Hall–Kier alpha value is -3.52. The molecule has 0 spiro atoms. The number of sulfonamides is 1. The van der Waals surface area contributed by atoms with E-state index in [2.05, 4.69) is 5.32 Å². The molecule has 1 amide bonds. The molecule has 5 rings (SSSR count). The van der Waals surface area contributed by atoms with E-state index >= 15 is 0 Å². The minimum atomic E-state index is -4.10. The van der Waals surface area contributed by atoms with Gasteiger partial charge in [0.15, 0.2) is 0 Å². The number of rotatable bonds is 6. The molecule has 0 bridgehead atoms. The van der Waals surface area contributed by atoms with Crippen molar-refractivity contribution in [2.45, 2.75) is 4.90 Å². The van der Waals surface area contributed by atoms with Crippen LogP contribution in [0.3, 0.4) is 0 Å². The average Bonchev–Trinajstić information content (AvgIpc) is 3.21. The molecule has 0 aliphatic carbocycles. The molecule has 0 radical (unpaired) electrons. The molecule has 0 unspecified atom stereocenters. The summed E-state index contributed by atoms with van der Waals surface area (Å²) < 4.78 is 33.8. The van der Waals surface area contributed by atoms with E-state index in [-0.39, 0.29) is 15.6 Å². The standard InChI is InChI=1S/C26H18Cl2N2O4S/c27-17-10-13-23(22(28)14-17)30(35(32,33)19-6-2-1-3-7-19)16-26(31)29-18-11-12-21-20-8-4-5-9-24(20)34-25(21)15-18/h1-15H,16H2,(H,29,31). The number of halogens is 2. The lowest BCUT2D eigenvalue weighted by Gasteiger charge is -2.25. The van der Waals surface area contributed by atoms with Crippen molar-refractivity contribution in [1.82, 2.24) is 0 Å². The van der Waals surface area contributed by atoms with Crippen LogP contribution in [0, 0.1) is 0 Å². The molecule has 1 heterocycles. The van der Waals surface area contributed by atoms with Gasteiger partial charge in [0.05, 0.1) is 15.6 Å². The van der Waals surface area contributed by atoms with Crippen molar-refractivity contribution in [2.24, 2.45) is 0 Å². The Bertz CT molecular complexity index is 1670. The van der Waals surface area contributed by atoms with Gasteiger partial charge in [-0.2, -0.15) is 0 Å². The van der Waals surface area contributed by atoms with E-state index in [0.29, 0.717) is 16.3 Å². The number of carbonyl (C=O) groups excluding carboxylic acids is 1. The van der Waals surface area contributed by atoms with Crippen LogP contribution in [0.4, 0.5) is 11.4 Å². The highest BCUT2D eigenvalue weighted by atomic mass is 35.5. The van der Waals surface area contributed by atoms with Crippen molar-refractivity contribution in [3.05, 3.63) is 101 Å². The van der Waals surface area contributed by atoms with Crippen LogP contribution >= 0.6 is 23.2 Å². The maximum absolute atomic E-state index is 13.5. The fourth-order valence-electron chi connectivity index (χ4n) is 3.84. The molecule has 1 aromatic heterocycles. The smallest absolute Gasteiger partial charge is 0.264 e. The zero-order valence-corrected chi connectivity index (χ0v) is 20.4. The number of benzene rings is 4. The molecule has 176 valence electrons. The number of carbonyl (C=O) groups is 1. The van der Waals surface area contributed by atoms with Gasteiger partial charge in [0.1, 0.15) is 17.7 Å². The molecule has 0 saturated carbocycles. The number of hydrogen-bond acceptors (Lipinski definition) is 4. The molecular formula is C26H18Cl2N2O4S. The number of hydrogen-bond donors (Lipinski definition) is 1. The fraction of sp³-hybridized carbons (Fsp3) is 0.0385. The molecule has 0 atom stereocenters. The first-order valence-electron chi connectivity index (χ1n) is 10.6. The zero-order valence-electron chi connectivity index (χ0n) is 18.1. The Morgan fingerprint density at radius 1 is 0.829 bits per heavy atom. The lowest BCUT2D eigenvalue weighted by atomic mass is 10.1. The summed E-state index contributed by atoms with van der Waals surface area (Å²) in [5.41, 5.74) is 1.96. The third-order valence-corrected chi connectivity index (χ3v) is 7.77. The van der Waals surface area contributed by atoms with Gasteiger partial charge < -0.3 is 9.73 Å². The molecule has 35 heavy (non-hydrogen) atoms. The Labute approximate surface area is 211 Å². The van der Waals surface area contributed by atoms with Gasteiger partial charge >= 0.3 is 0 Å². The zero-order chi connectivity index (χ0) is 24.6. The van der Waals surface area contributed by atoms with Crippen LogP contribution in [0.25, 0.3) is 21.9 Å². The Morgan fingerprint density at radius 2 is 1.54 bits per heavy atom.